The molecule has 1 rings (SSSR count). The average molecular weight is 413 g/mol. The summed E-state index contributed by atoms with van der Waals surface area (Å²) >= 11 is 0. The summed E-state index contributed by atoms with van der Waals surface area (Å²) in [6.45, 7) is 10.1. The quantitative estimate of drug-likeness (QED) is 0.465. The Morgan fingerprint density at radius 3 is 2.00 bits per heavy atom. The zero-order valence-electron chi connectivity index (χ0n) is 16.0. The summed E-state index contributed by atoms with van der Waals surface area (Å²) in [5, 5.41) is -0.397. The summed E-state index contributed by atoms with van der Waals surface area (Å²) in [6, 6.07) is 5.90. The van der Waals surface area contributed by atoms with Crippen LogP contribution in [-0.4, -0.2) is 35.6 Å². The van der Waals surface area contributed by atoms with Crippen molar-refractivity contribution in [2.75, 3.05) is 6.61 Å². The molecule has 1 aromatic carbocycles. The number of aryl methyl sites for hydroxylation is 1. The van der Waals surface area contributed by atoms with Gasteiger partial charge in [-0.1, -0.05) is 38.5 Å². The fourth-order valence-corrected chi connectivity index (χ4v) is 4.10. The smallest absolute Gasteiger partial charge is 0.405 e. The highest BCUT2D eigenvalue weighted by molar-refractivity contribution is 7.86. The third-order valence-electron chi connectivity index (χ3n) is 4.54. The molecule has 0 aromatic heterocycles. The van der Waals surface area contributed by atoms with E-state index < -0.39 is 48.8 Å². The summed E-state index contributed by atoms with van der Waals surface area (Å²) in [4.78, 5) is -0.0861. The van der Waals surface area contributed by atoms with Crippen molar-refractivity contribution >= 4 is 18.4 Å². The average Bonchev–Trinajstić information content (AvgIpc) is 2.44. The number of benzene rings is 1. The monoisotopic (exact) mass is 412 g/mol. The van der Waals surface area contributed by atoms with E-state index in [1.165, 1.54) is 12.1 Å². The van der Waals surface area contributed by atoms with E-state index in [-0.39, 0.29) is 4.90 Å². The Balaban J connectivity index is 2.81. The van der Waals surface area contributed by atoms with E-state index in [0.29, 0.717) is 0 Å². The van der Waals surface area contributed by atoms with E-state index in [2.05, 4.69) is 0 Å². The summed E-state index contributed by atoms with van der Waals surface area (Å²) in [6.07, 6.45) is -7.23. The third-order valence-corrected chi connectivity index (χ3v) is 10.3. The molecule has 0 radical (unpaired) electrons. The van der Waals surface area contributed by atoms with Crippen LogP contribution in [0.15, 0.2) is 29.2 Å². The van der Waals surface area contributed by atoms with E-state index >= 15 is 0 Å². The van der Waals surface area contributed by atoms with Gasteiger partial charge in [0.25, 0.3) is 10.1 Å². The standard InChI is InChI=1S/C17H27F3O4SSi/c1-13-7-9-14(10-8-13)25(21,22)23-12-11-15(17(18,19)20)24-26(5,6)16(2,3)4/h7-10,15H,11-12H2,1-6H3/t15-/m1/s1. The first-order chi connectivity index (χ1) is 11.6. The molecule has 1 aromatic rings. The van der Waals surface area contributed by atoms with Crippen LogP contribution in [0, 0.1) is 6.92 Å². The van der Waals surface area contributed by atoms with Crippen molar-refractivity contribution < 1.29 is 30.2 Å². The van der Waals surface area contributed by atoms with Crippen LogP contribution in [-0.2, 0) is 18.7 Å². The maximum atomic E-state index is 13.3. The Labute approximate surface area is 155 Å². The minimum absolute atomic E-state index is 0.0861. The molecule has 4 nitrogen and oxygen atoms in total. The molecule has 9 heteroatoms. The molecule has 0 amide bonds. The molecule has 0 fully saturated rings. The molecule has 26 heavy (non-hydrogen) atoms. The van der Waals surface area contributed by atoms with Crippen LogP contribution in [0.4, 0.5) is 13.2 Å². The van der Waals surface area contributed by atoms with E-state index in [4.69, 9.17) is 8.61 Å². The molecule has 0 aliphatic heterocycles. The highest BCUT2D eigenvalue weighted by Gasteiger charge is 2.47. The molecule has 0 unspecified atom stereocenters. The predicted molar refractivity (Wildman–Crippen MR) is 97.1 cm³/mol. The minimum atomic E-state index is -4.59. The van der Waals surface area contributed by atoms with Gasteiger partial charge < -0.3 is 4.43 Å². The van der Waals surface area contributed by atoms with E-state index in [1.807, 2.05) is 20.8 Å². The number of alkyl halides is 3. The first-order valence-electron chi connectivity index (χ1n) is 8.27. The van der Waals surface area contributed by atoms with Gasteiger partial charge in [-0.2, -0.15) is 21.6 Å². The molecule has 150 valence electrons. The Kier molecular flexibility index (Phi) is 7.12. The lowest BCUT2D eigenvalue weighted by Crippen LogP contribution is -2.48. The second-order valence-electron chi connectivity index (χ2n) is 7.79. The third kappa shape index (κ3) is 6.36. The van der Waals surface area contributed by atoms with Gasteiger partial charge in [0.05, 0.1) is 11.5 Å². The van der Waals surface area contributed by atoms with Crippen LogP contribution in [0.3, 0.4) is 0 Å². The predicted octanol–water partition coefficient (Wildman–Crippen LogP) is 5.04. The van der Waals surface area contributed by atoms with E-state index in [9.17, 15) is 21.6 Å². The van der Waals surface area contributed by atoms with Gasteiger partial charge in [0.1, 0.15) is 6.10 Å². The van der Waals surface area contributed by atoms with Crippen LogP contribution in [0.5, 0.6) is 0 Å². The molecule has 0 spiro atoms. The second kappa shape index (κ2) is 8.00. The van der Waals surface area contributed by atoms with Crippen molar-refractivity contribution in [3.63, 3.8) is 0 Å². The second-order valence-corrected chi connectivity index (χ2v) is 14.2. The van der Waals surface area contributed by atoms with Crippen molar-refractivity contribution in [3.05, 3.63) is 29.8 Å². The van der Waals surface area contributed by atoms with Crippen molar-refractivity contribution in [2.24, 2.45) is 0 Å². The van der Waals surface area contributed by atoms with Crippen LogP contribution < -0.4 is 0 Å². The maximum Gasteiger partial charge on any atom is 0.413 e. The first-order valence-corrected chi connectivity index (χ1v) is 12.6. The highest BCUT2D eigenvalue weighted by atomic mass is 32.2. The van der Waals surface area contributed by atoms with Crippen molar-refractivity contribution in [2.45, 2.75) is 69.4 Å². The fraction of sp³-hybridized carbons (Fsp3) is 0.647. The molecule has 0 saturated heterocycles. The van der Waals surface area contributed by atoms with Gasteiger partial charge in [-0.3, -0.25) is 4.18 Å². The van der Waals surface area contributed by atoms with Gasteiger partial charge in [0.15, 0.2) is 8.32 Å². The van der Waals surface area contributed by atoms with Crippen molar-refractivity contribution in [3.8, 4) is 0 Å². The topological polar surface area (TPSA) is 52.6 Å². The van der Waals surface area contributed by atoms with Crippen molar-refractivity contribution in [1.82, 2.24) is 0 Å². The summed E-state index contributed by atoms with van der Waals surface area (Å²) < 4.78 is 74.4. The molecule has 0 N–H and O–H groups in total. The molecular weight excluding hydrogens is 385 g/mol. The van der Waals surface area contributed by atoms with E-state index in [1.54, 1.807) is 32.2 Å². The number of hydrogen-bond acceptors (Lipinski definition) is 4. The zero-order chi connectivity index (χ0) is 20.4. The SMILES string of the molecule is Cc1ccc(S(=O)(=O)OCC[C@@H](O[Si](C)(C)C(C)(C)C)C(F)(F)F)cc1. The van der Waals surface area contributed by atoms with E-state index in [0.717, 1.165) is 5.56 Å². The fourth-order valence-electron chi connectivity index (χ4n) is 1.86. The van der Waals surface area contributed by atoms with Gasteiger partial charge in [0.2, 0.25) is 0 Å². The van der Waals surface area contributed by atoms with Gasteiger partial charge in [-0.05, 0) is 37.2 Å². The Morgan fingerprint density at radius 2 is 1.58 bits per heavy atom. The van der Waals surface area contributed by atoms with Crippen LogP contribution in [0.1, 0.15) is 32.8 Å². The largest absolute Gasteiger partial charge is 0.413 e. The summed E-state index contributed by atoms with van der Waals surface area (Å²) in [7, 11) is -6.77. The van der Waals surface area contributed by atoms with Gasteiger partial charge in [0, 0.05) is 6.42 Å². The molecule has 0 saturated carbocycles. The van der Waals surface area contributed by atoms with Crippen molar-refractivity contribution in [1.29, 1.82) is 0 Å². The van der Waals surface area contributed by atoms with Gasteiger partial charge in [-0.15, -0.1) is 0 Å². The maximum absolute atomic E-state index is 13.3. The zero-order valence-corrected chi connectivity index (χ0v) is 17.8. The van der Waals surface area contributed by atoms with Gasteiger partial charge >= 0.3 is 6.18 Å². The van der Waals surface area contributed by atoms with Gasteiger partial charge in [-0.25, -0.2) is 0 Å². The lowest BCUT2D eigenvalue weighted by molar-refractivity contribution is -0.201. The Bertz CT molecular complexity index is 692. The van der Waals surface area contributed by atoms with Crippen LogP contribution in [0.2, 0.25) is 18.1 Å². The Morgan fingerprint density at radius 1 is 1.08 bits per heavy atom. The van der Waals surface area contributed by atoms with Crippen LogP contribution >= 0.6 is 0 Å². The molecule has 0 aliphatic rings. The normalized spacial score (nSPS) is 15.1. The molecule has 0 heterocycles. The highest BCUT2D eigenvalue weighted by Crippen LogP contribution is 2.40. The minimum Gasteiger partial charge on any atom is -0.405 e. The lowest BCUT2D eigenvalue weighted by Gasteiger charge is -2.39. The number of halogens is 3. The summed E-state index contributed by atoms with van der Waals surface area (Å²) in [5.41, 5.74) is 0.865. The molecule has 0 aliphatic carbocycles. The van der Waals surface area contributed by atoms with Crippen LogP contribution in [0.25, 0.3) is 0 Å². The Hall–Kier alpha value is -0.903. The molecule has 1 atom stereocenters. The number of hydrogen-bond donors (Lipinski definition) is 0. The first kappa shape index (κ1) is 23.1. The molecule has 0 bridgehead atoms. The summed E-state index contributed by atoms with van der Waals surface area (Å²) in [5.74, 6) is 0. The lowest BCUT2D eigenvalue weighted by atomic mass is 10.2. The number of rotatable bonds is 7. The molecular formula is C17H27F3O4SSi.